The number of hydrogen-bond donors (Lipinski definition) is 2. The van der Waals surface area contributed by atoms with Gasteiger partial charge >= 0.3 is 0 Å². The Morgan fingerprint density at radius 2 is 2.00 bits per heavy atom. The lowest BCUT2D eigenvalue weighted by molar-refractivity contribution is 0.527. The molecule has 1 aliphatic carbocycles. The summed E-state index contributed by atoms with van der Waals surface area (Å²) in [6.07, 6.45) is 6.37. The average molecular weight is 287 g/mol. The third kappa shape index (κ3) is 3.78. The van der Waals surface area contributed by atoms with Gasteiger partial charge in [0.1, 0.15) is 5.84 Å². The molecule has 0 aromatic heterocycles. The number of nitrogens with zero attached hydrogens (tertiary/aromatic N) is 1. The second-order valence-corrected chi connectivity index (χ2v) is 6.70. The molecule has 1 aromatic rings. The highest BCUT2D eigenvalue weighted by Crippen LogP contribution is 2.33. The summed E-state index contributed by atoms with van der Waals surface area (Å²) < 4.78 is 0. The van der Waals surface area contributed by atoms with Gasteiger partial charge in [0.25, 0.3) is 0 Å². The molecule has 0 spiro atoms. The van der Waals surface area contributed by atoms with E-state index in [4.69, 9.17) is 11.1 Å². The van der Waals surface area contributed by atoms with Crippen molar-refractivity contribution in [2.45, 2.75) is 58.9 Å². The molecule has 0 atom stereocenters. The molecule has 3 heteroatoms. The number of nitrogens with one attached hydrogen (secondary N) is 1. The monoisotopic (exact) mass is 287 g/mol. The molecular weight excluding hydrogens is 258 g/mol. The lowest BCUT2D eigenvalue weighted by Gasteiger charge is -2.34. The molecule has 0 radical (unpaired) electrons. The highest BCUT2D eigenvalue weighted by molar-refractivity contribution is 6.01. The number of hydrogen-bond acceptors (Lipinski definition) is 2. The van der Waals surface area contributed by atoms with Gasteiger partial charge in [-0.15, -0.1) is 0 Å². The molecule has 0 unspecified atom stereocenters. The van der Waals surface area contributed by atoms with Crippen LogP contribution in [0.15, 0.2) is 18.2 Å². The summed E-state index contributed by atoms with van der Waals surface area (Å²) in [6.45, 7) is 7.75. The van der Waals surface area contributed by atoms with Crippen LogP contribution in [0.5, 0.6) is 0 Å². The molecule has 21 heavy (non-hydrogen) atoms. The first-order valence-electron chi connectivity index (χ1n) is 8.21. The molecule has 1 aliphatic rings. The van der Waals surface area contributed by atoms with Crippen molar-refractivity contribution >= 4 is 11.5 Å². The summed E-state index contributed by atoms with van der Waals surface area (Å²) in [5.41, 5.74) is 9.15. The number of nitrogens with two attached hydrogens (primary N) is 1. The van der Waals surface area contributed by atoms with Gasteiger partial charge in [0.05, 0.1) is 5.69 Å². The van der Waals surface area contributed by atoms with Crippen molar-refractivity contribution in [2.24, 2.45) is 11.7 Å². The maximum atomic E-state index is 7.90. The fourth-order valence-electron chi connectivity index (χ4n) is 3.35. The Kier molecular flexibility index (Phi) is 5.27. The Bertz CT molecular complexity index is 487. The first kappa shape index (κ1) is 15.9. The Morgan fingerprint density at radius 3 is 2.57 bits per heavy atom. The van der Waals surface area contributed by atoms with E-state index in [-0.39, 0.29) is 5.84 Å². The van der Waals surface area contributed by atoms with Crippen LogP contribution in [0.2, 0.25) is 0 Å². The zero-order chi connectivity index (χ0) is 15.4. The minimum atomic E-state index is 0.182. The molecule has 116 valence electrons. The van der Waals surface area contributed by atoms with Gasteiger partial charge in [0.2, 0.25) is 0 Å². The second-order valence-electron chi connectivity index (χ2n) is 6.70. The number of aryl methyl sites for hydroxylation is 1. The molecule has 0 bridgehead atoms. The van der Waals surface area contributed by atoms with Crippen molar-refractivity contribution in [3.8, 4) is 0 Å². The van der Waals surface area contributed by atoms with Crippen LogP contribution in [-0.2, 0) is 0 Å². The molecule has 1 aromatic carbocycles. The van der Waals surface area contributed by atoms with Gasteiger partial charge in [0, 0.05) is 18.2 Å². The quantitative estimate of drug-likeness (QED) is 0.612. The summed E-state index contributed by atoms with van der Waals surface area (Å²) >= 11 is 0. The van der Waals surface area contributed by atoms with E-state index in [1.165, 1.54) is 43.4 Å². The van der Waals surface area contributed by atoms with E-state index in [0.29, 0.717) is 12.0 Å². The predicted molar refractivity (Wildman–Crippen MR) is 91.3 cm³/mol. The molecular formula is C18H29N3. The number of nitrogen functional groups attached to an aromatic ring is 1. The van der Waals surface area contributed by atoms with E-state index >= 15 is 0 Å². The third-order valence-corrected chi connectivity index (χ3v) is 4.53. The van der Waals surface area contributed by atoms with E-state index in [1.54, 1.807) is 0 Å². The van der Waals surface area contributed by atoms with Crippen molar-refractivity contribution in [2.75, 3.05) is 11.4 Å². The molecule has 0 aliphatic heterocycles. The zero-order valence-electron chi connectivity index (χ0n) is 13.7. The number of rotatable bonds is 6. The highest BCUT2D eigenvalue weighted by Gasteiger charge is 2.26. The molecule has 0 heterocycles. The maximum Gasteiger partial charge on any atom is 0.124 e. The molecule has 1 fully saturated rings. The Balaban J connectivity index is 2.37. The maximum absolute atomic E-state index is 7.90. The molecule has 1 saturated carbocycles. The number of para-hydroxylation sites is 1. The lowest BCUT2D eigenvalue weighted by atomic mass is 10.0. The first-order chi connectivity index (χ1) is 10.0. The smallest absolute Gasteiger partial charge is 0.124 e. The van der Waals surface area contributed by atoms with Crippen molar-refractivity contribution in [1.82, 2.24) is 0 Å². The van der Waals surface area contributed by atoms with E-state index < -0.39 is 0 Å². The van der Waals surface area contributed by atoms with Crippen LogP contribution in [0.1, 0.15) is 57.1 Å². The summed E-state index contributed by atoms with van der Waals surface area (Å²) in [6, 6.07) is 6.74. The Hall–Kier alpha value is -1.51. The van der Waals surface area contributed by atoms with Crippen molar-refractivity contribution < 1.29 is 0 Å². The van der Waals surface area contributed by atoms with Crippen molar-refractivity contribution in [3.05, 3.63) is 29.3 Å². The Morgan fingerprint density at radius 1 is 1.33 bits per heavy atom. The second kappa shape index (κ2) is 6.97. The summed E-state index contributed by atoms with van der Waals surface area (Å²) in [5.74, 6) is 0.875. The first-order valence-corrected chi connectivity index (χ1v) is 8.21. The minimum absolute atomic E-state index is 0.182. The van der Waals surface area contributed by atoms with Gasteiger partial charge in [-0.3, -0.25) is 5.41 Å². The molecule has 0 amide bonds. The van der Waals surface area contributed by atoms with Crippen LogP contribution in [0.4, 0.5) is 5.69 Å². The van der Waals surface area contributed by atoms with Gasteiger partial charge < -0.3 is 10.6 Å². The molecule has 0 saturated heterocycles. The summed E-state index contributed by atoms with van der Waals surface area (Å²) in [7, 11) is 0. The van der Waals surface area contributed by atoms with Gasteiger partial charge in [-0.1, -0.05) is 38.8 Å². The highest BCUT2D eigenvalue weighted by atomic mass is 15.2. The largest absolute Gasteiger partial charge is 0.384 e. The summed E-state index contributed by atoms with van der Waals surface area (Å²) in [4.78, 5) is 2.54. The van der Waals surface area contributed by atoms with Crippen LogP contribution in [0, 0.1) is 18.3 Å². The van der Waals surface area contributed by atoms with Crippen LogP contribution in [-0.4, -0.2) is 18.4 Å². The van der Waals surface area contributed by atoms with Gasteiger partial charge in [0.15, 0.2) is 0 Å². The molecule has 3 N–H and O–H groups in total. The lowest BCUT2D eigenvalue weighted by Crippen LogP contribution is -2.37. The van der Waals surface area contributed by atoms with E-state index in [0.717, 1.165) is 12.1 Å². The average Bonchev–Trinajstić information content (AvgIpc) is 2.93. The SMILES string of the molecule is Cc1cccc(C(=N)N)c1N(CCC(C)C)C1CCCC1. The van der Waals surface area contributed by atoms with Crippen LogP contribution < -0.4 is 10.6 Å². The van der Waals surface area contributed by atoms with Crippen molar-refractivity contribution in [1.29, 1.82) is 5.41 Å². The summed E-state index contributed by atoms with van der Waals surface area (Å²) in [5, 5.41) is 7.90. The topological polar surface area (TPSA) is 53.1 Å². The zero-order valence-corrected chi connectivity index (χ0v) is 13.7. The van der Waals surface area contributed by atoms with Crippen LogP contribution in [0.3, 0.4) is 0 Å². The van der Waals surface area contributed by atoms with Crippen LogP contribution in [0.25, 0.3) is 0 Å². The number of amidine groups is 1. The molecule has 3 nitrogen and oxygen atoms in total. The predicted octanol–water partition coefficient (Wildman–Crippen LogP) is 4.07. The number of benzene rings is 1. The molecule has 2 rings (SSSR count). The van der Waals surface area contributed by atoms with Crippen LogP contribution >= 0.6 is 0 Å². The fourth-order valence-corrected chi connectivity index (χ4v) is 3.35. The van der Waals surface area contributed by atoms with E-state index in [1.807, 2.05) is 12.1 Å². The number of anilines is 1. The minimum Gasteiger partial charge on any atom is -0.384 e. The van der Waals surface area contributed by atoms with E-state index in [9.17, 15) is 0 Å². The van der Waals surface area contributed by atoms with Gasteiger partial charge in [-0.2, -0.15) is 0 Å². The normalized spacial score (nSPS) is 15.6. The van der Waals surface area contributed by atoms with Gasteiger partial charge in [-0.05, 0) is 43.7 Å². The van der Waals surface area contributed by atoms with Crippen molar-refractivity contribution in [3.63, 3.8) is 0 Å². The Labute approximate surface area is 129 Å². The standard InChI is InChI=1S/C18H29N3/c1-13(2)11-12-21(15-8-4-5-9-15)17-14(3)7-6-10-16(17)18(19)20/h6-7,10,13,15H,4-5,8-9,11-12H2,1-3H3,(H3,19,20). The fraction of sp³-hybridized carbons (Fsp3) is 0.611. The third-order valence-electron chi connectivity index (χ3n) is 4.53. The van der Waals surface area contributed by atoms with Gasteiger partial charge in [-0.25, -0.2) is 0 Å². The van der Waals surface area contributed by atoms with E-state index in [2.05, 4.69) is 31.7 Å².